The molecule has 2 aliphatic heterocycles. The molecule has 2 heterocycles. The van der Waals surface area contributed by atoms with Crippen molar-refractivity contribution in [1.29, 1.82) is 0 Å². The van der Waals surface area contributed by atoms with E-state index >= 15 is 0 Å². The highest BCUT2D eigenvalue weighted by atomic mass is 16.3. The summed E-state index contributed by atoms with van der Waals surface area (Å²) in [5.74, 6) is -4.90. The number of nitrogens with zero attached hydrogens (tertiary/aromatic N) is 1. The summed E-state index contributed by atoms with van der Waals surface area (Å²) in [6, 6.07) is 3.55. The average Bonchev–Trinajstić information content (AvgIpc) is 3.32. The molecule has 5 amide bonds. The van der Waals surface area contributed by atoms with Gasteiger partial charge in [0.15, 0.2) is 0 Å². The van der Waals surface area contributed by atoms with Crippen LogP contribution in [0.25, 0.3) is 0 Å². The lowest BCUT2D eigenvalue weighted by Gasteiger charge is -2.28. The standard InChI is InChI=1S/C22H23N3O8/c26-13-5-4-12(20(31)24-13)25-21(32)9-3-1-2-8(14(9)22(25)33)7-23-19(30)10-6-11-16(27)15(10)18(29)17(11)28/h1-3,10-12,15-18,27-29H,4-7H2,(H,23,30)(H,24,26,31)/t10-,11+,12?,15?,16-,17+,18-/m0/s1. The Morgan fingerprint density at radius 3 is 2.48 bits per heavy atom. The molecule has 2 aliphatic carbocycles. The Morgan fingerprint density at radius 1 is 1.06 bits per heavy atom. The molecule has 2 saturated carbocycles. The van der Waals surface area contributed by atoms with Gasteiger partial charge in [-0.25, -0.2) is 0 Å². The lowest BCUT2D eigenvalue weighted by atomic mass is 9.84. The number of carbonyl (C=O) groups is 5. The summed E-state index contributed by atoms with van der Waals surface area (Å²) in [6.45, 7) is -0.0765. The van der Waals surface area contributed by atoms with E-state index in [1.807, 2.05) is 0 Å². The van der Waals surface area contributed by atoms with Gasteiger partial charge in [-0.05, 0) is 24.5 Å². The first-order valence-corrected chi connectivity index (χ1v) is 10.9. The molecule has 5 N–H and O–H groups in total. The number of imide groups is 2. The molecule has 5 rings (SSSR count). The predicted molar refractivity (Wildman–Crippen MR) is 108 cm³/mol. The van der Waals surface area contributed by atoms with E-state index in [9.17, 15) is 39.3 Å². The molecule has 1 saturated heterocycles. The number of amides is 5. The van der Waals surface area contributed by atoms with Crippen molar-refractivity contribution < 1.29 is 39.3 Å². The second kappa shape index (κ2) is 7.72. The Balaban J connectivity index is 1.32. The first kappa shape index (κ1) is 21.7. The summed E-state index contributed by atoms with van der Waals surface area (Å²) in [4.78, 5) is 63.3. The minimum Gasteiger partial charge on any atom is -0.392 e. The van der Waals surface area contributed by atoms with Crippen molar-refractivity contribution in [2.45, 2.75) is 50.2 Å². The minimum absolute atomic E-state index is 0.0165. The highest BCUT2D eigenvalue weighted by molar-refractivity contribution is 6.24. The van der Waals surface area contributed by atoms with E-state index in [-0.39, 0.29) is 36.9 Å². The zero-order valence-corrected chi connectivity index (χ0v) is 17.4. The van der Waals surface area contributed by atoms with Gasteiger partial charge in [-0.1, -0.05) is 12.1 Å². The maximum atomic E-state index is 13.1. The number of nitrogens with one attached hydrogen (secondary N) is 2. The fourth-order valence-corrected chi connectivity index (χ4v) is 5.70. The third-order valence-corrected chi connectivity index (χ3v) is 7.35. The van der Waals surface area contributed by atoms with Crippen molar-refractivity contribution in [1.82, 2.24) is 15.5 Å². The number of carbonyl (C=O) groups excluding carboxylic acids is 5. The van der Waals surface area contributed by atoms with Crippen LogP contribution < -0.4 is 10.6 Å². The zero-order chi connectivity index (χ0) is 23.6. The molecule has 174 valence electrons. The number of aliphatic hydroxyl groups is 3. The molecule has 1 aromatic carbocycles. The van der Waals surface area contributed by atoms with E-state index in [4.69, 9.17) is 0 Å². The Bertz CT molecular complexity index is 1080. The SMILES string of the molecule is O=C1CCC(N2C(=O)c3cccc(CNC(=O)[C@H]4C[C@H]5[C@@H](O)[C@@H](O)C4[C@H]5O)c3C2=O)C(=O)N1. The van der Waals surface area contributed by atoms with E-state index < -0.39 is 71.6 Å². The molecule has 0 aromatic heterocycles. The highest BCUT2D eigenvalue weighted by Crippen LogP contribution is 2.48. The molecular formula is C22H23N3O8. The molecule has 4 aliphatic rings. The van der Waals surface area contributed by atoms with Gasteiger partial charge in [0.2, 0.25) is 17.7 Å². The van der Waals surface area contributed by atoms with E-state index in [1.165, 1.54) is 6.07 Å². The summed E-state index contributed by atoms with van der Waals surface area (Å²) < 4.78 is 0. The molecule has 7 atom stereocenters. The number of hydrogen-bond donors (Lipinski definition) is 5. The van der Waals surface area contributed by atoms with E-state index in [2.05, 4.69) is 10.6 Å². The highest BCUT2D eigenvalue weighted by Gasteiger charge is 2.60. The van der Waals surface area contributed by atoms with Crippen LogP contribution in [-0.4, -0.2) is 74.1 Å². The van der Waals surface area contributed by atoms with Crippen LogP contribution in [0.1, 0.15) is 45.5 Å². The Kier molecular flexibility index (Phi) is 5.07. The van der Waals surface area contributed by atoms with Crippen molar-refractivity contribution in [3.63, 3.8) is 0 Å². The fourth-order valence-electron chi connectivity index (χ4n) is 5.70. The molecule has 0 spiro atoms. The number of piperidine rings is 1. The number of hydrogen-bond acceptors (Lipinski definition) is 8. The summed E-state index contributed by atoms with van der Waals surface area (Å²) >= 11 is 0. The number of benzene rings is 1. The lowest BCUT2D eigenvalue weighted by molar-refractivity contribution is -0.136. The van der Waals surface area contributed by atoms with Crippen LogP contribution in [0.4, 0.5) is 0 Å². The van der Waals surface area contributed by atoms with Gasteiger partial charge in [0.1, 0.15) is 6.04 Å². The number of aliphatic hydroxyl groups excluding tert-OH is 3. The Morgan fingerprint density at radius 2 is 1.82 bits per heavy atom. The molecule has 3 fully saturated rings. The van der Waals surface area contributed by atoms with Crippen LogP contribution in [0.5, 0.6) is 0 Å². The fraction of sp³-hybridized carbons (Fsp3) is 0.500. The molecule has 33 heavy (non-hydrogen) atoms. The van der Waals surface area contributed by atoms with Gasteiger partial charge in [0, 0.05) is 30.7 Å². The zero-order valence-electron chi connectivity index (χ0n) is 17.4. The van der Waals surface area contributed by atoms with E-state index in [0.717, 1.165) is 4.90 Å². The van der Waals surface area contributed by atoms with Gasteiger partial charge in [-0.3, -0.25) is 34.2 Å². The Labute approximate surface area is 187 Å². The number of fused-ring (bicyclic) bond motifs is 3. The first-order chi connectivity index (χ1) is 15.7. The van der Waals surface area contributed by atoms with Crippen molar-refractivity contribution >= 4 is 29.5 Å². The maximum Gasteiger partial charge on any atom is 0.262 e. The van der Waals surface area contributed by atoms with Crippen molar-refractivity contribution in [3.05, 3.63) is 34.9 Å². The lowest BCUT2D eigenvalue weighted by Crippen LogP contribution is -2.54. The monoisotopic (exact) mass is 457 g/mol. The summed E-state index contributed by atoms with van der Waals surface area (Å²) in [7, 11) is 0. The molecule has 2 unspecified atom stereocenters. The summed E-state index contributed by atoms with van der Waals surface area (Å²) in [5.41, 5.74) is 0.597. The van der Waals surface area contributed by atoms with Crippen molar-refractivity contribution in [3.8, 4) is 0 Å². The van der Waals surface area contributed by atoms with Crippen LogP contribution >= 0.6 is 0 Å². The molecular weight excluding hydrogens is 434 g/mol. The van der Waals surface area contributed by atoms with Gasteiger partial charge in [-0.15, -0.1) is 0 Å². The van der Waals surface area contributed by atoms with Crippen molar-refractivity contribution in [2.75, 3.05) is 0 Å². The normalized spacial score (nSPS) is 35.1. The van der Waals surface area contributed by atoms with Crippen LogP contribution in [0.15, 0.2) is 18.2 Å². The molecule has 11 nitrogen and oxygen atoms in total. The molecule has 1 aromatic rings. The van der Waals surface area contributed by atoms with Gasteiger partial charge in [-0.2, -0.15) is 0 Å². The quantitative estimate of drug-likeness (QED) is 0.325. The van der Waals surface area contributed by atoms with Gasteiger partial charge in [0.05, 0.1) is 29.4 Å². The van der Waals surface area contributed by atoms with Gasteiger partial charge >= 0.3 is 0 Å². The Hall–Kier alpha value is -3.15. The van der Waals surface area contributed by atoms with Crippen molar-refractivity contribution in [2.24, 2.45) is 17.8 Å². The molecule has 11 heteroatoms. The average molecular weight is 457 g/mol. The van der Waals surface area contributed by atoms with Crippen LogP contribution in [-0.2, 0) is 20.9 Å². The first-order valence-electron chi connectivity index (χ1n) is 10.9. The predicted octanol–water partition coefficient (Wildman–Crippen LogP) is -1.95. The van der Waals surface area contributed by atoms with Crippen LogP contribution in [0.2, 0.25) is 0 Å². The second-order valence-electron chi connectivity index (χ2n) is 9.06. The molecule has 2 bridgehead atoms. The van der Waals surface area contributed by atoms with E-state index in [0.29, 0.717) is 5.56 Å². The minimum atomic E-state index is -1.18. The topological polar surface area (TPSA) is 173 Å². The smallest absolute Gasteiger partial charge is 0.262 e. The number of rotatable bonds is 4. The molecule has 0 radical (unpaired) electrons. The third-order valence-electron chi connectivity index (χ3n) is 7.35. The van der Waals surface area contributed by atoms with E-state index in [1.54, 1.807) is 12.1 Å². The third kappa shape index (κ3) is 3.18. The second-order valence-corrected chi connectivity index (χ2v) is 9.06. The summed E-state index contributed by atoms with van der Waals surface area (Å²) in [5, 5.41) is 35.1. The van der Waals surface area contributed by atoms with Crippen LogP contribution in [0, 0.1) is 17.8 Å². The van der Waals surface area contributed by atoms with Gasteiger partial charge < -0.3 is 20.6 Å². The maximum absolute atomic E-state index is 13.1. The van der Waals surface area contributed by atoms with Crippen LogP contribution in [0.3, 0.4) is 0 Å². The summed E-state index contributed by atoms with van der Waals surface area (Å²) in [6.07, 6.45) is -2.91. The van der Waals surface area contributed by atoms with Gasteiger partial charge in [0.25, 0.3) is 11.8 Å². The largest absolute Gasteiger partial charge is 0.392 e.